The number of benzene rings is 4. The Bertz CT molecular complexity index is 1930. The first-order chi connectivity index (χ1) is 22.2. The van der Waals surface area contributed by atoms with Crippen molar-refractivity contribution in [2.24, 2.45) is 0 Å². The van der Waals surface area contributed by atoms with Crippen LogP contribution in [0.3, 0.4) is 0 Å². The molecule has 4 aromatic carbocycles. The maximum absolute atomic E-state index is 13.5. The number of thioether (sulfide) groups is 1. The highest BCUT2D eigenvalue weighted by Gasteiger charge is 2.19. The molecule has 8 nitrogen and oxygen atoms in total. The number of hydrogen-bond acceptors (Lipinski definition) is 7. The average molecular weight is 692 g/mol. The standard InChI is InChI=1S/C34H28Cl2N4O4S2/c1-3-44-25-14-15-28-30(19-25)46-34(39-28)40-31(41)20(2)45-26-11-7-10-24(18-26)37-33(43)29(16-22-12-13-23(35)17-27(22)36)38-32(42)21-8-5-4-6-9-21/h4-20H,3H2,1-2H3,(H,37,43)(H,38,42)(H,39,40,41)/b29-16+. The van der Waals surface area contributed by atoms with Crippen molar-refractivity contribution in [3.05, 3.63) is 118 Å². The summed E-state index contributed by atoms with van der Waals surface area (Å²) in [4.78, 5) is 44.8. The molecule has 0 fully saturated rings. The third-order valence-electron chi connectivity index (χ3n) is 6.47. The lowest BCUT2D eigenvalue weighted by Crippen LogP contribution is -2.30. The minimum atomic E-state index is -0.563. The fourth-order valence-corrected chi connectivity index (χ4v) is 6.53. The van der Waals surface area contributed by atoms with Gasteiger partial charge in [-0.25, -0.2) is 4.98 Å². The van der Waals surface area contributed by atoms with Gasteiger partial charge in [0.25, 0.3) is 11.8 Å². The van der Waals surface area contributed by atoms with Gasteiger partial charge in [-0.2, -0.15) is 0 Å². The van der Waals surface area contributed by atoms with Crippen LogP contribution in [-0.2, 0) is 9.59 Å². The summed E-state index contributed by atoms with van der Waals surface area (Å²) in [5.41, 5.74) is 2.11. The van der Waals surface area contributed by atoms with Crippen molar-refractivity contribution < 1.29 is 19.1 Å². The van der Waals surface area contributed by atoms with Crippen LogP contribution in [0.5, 0.6) is 5.75 Å². The topological polar surface area (TPSA) is 109 Å². The zero-order valence-corrected chi connectivity index (χ0v) is 27.8. The lowest BCUT2D eigenvalue weighted by Gasteiger charge is -2.14. The molecule has 1 heterocycles. The molecule has 0 saturated heterocycles. The van der Waals surface area contributed by atoms with Crippen molar-refractivity contribution in [2.45, 2.75) is 24.0 Å². The molecule has 3 amide bonds. The summed E-state index contributed by atoms with van der Waals surface area (Å²) in [5, 5.41) is 9.22. The number of rotatable bonds is 11. The number of hydrogen-bond donors (Lipinski definition) is 3. The number of ether oxygens (including phenoxy) is 1. The first kappa shape index (κ1) is 33.0. The van der Waals surface area contributed by atoms with E-state index in [2.05, 4.69) is 20.9 Å². The van der Waals surface area contributed by atoms with E-state index >= 15 is 0 Å². The monoisotopic (exact) mass is 690 g/mol. The van der Waals surface area contributed by atoms with Crippen LogP contribution in [0.15, 0.2) is 102 Å². The lowest BCUT2D eigenvalue weighted by atomic mass is 10.1. The maximum Gasteiger partial charge on any atom is 0.272 e. The Hall–Kier alpha value is -4.35. The molecule has 3 N–H and O–H groups in total. The zero-order chi connectivity index (χ0) is 32.6. The Morgan fingerprint density at radius 2 is 1.76 bits per heavy atom. The van der Waals surface area contributed by atoms with E-state index in [0.29, 0.717) is 38.6 Å². The summed E-state index contributed by atoms with van der Waals surface area (Å²) in [6.07, 6.45) is 1.49. The van der Waals surface area contributed by atoms with Crippen molar-refractivity contribution in [1.29, 1.82) is 0 Å². The summed E-state index contributed by atoms with van der Waals surface area (Å²) >= 11 is 15.1. The van der Waals surface area contributed by atoms with Gasteiger partial charge in [0.1, 0.15) is 11.4 Å². The van der Waals surface area contributed by atoms with Crippen LogP contribution in [0.2, 0.25) is 10.0 Å². The lowest BCUT2D eigenvalue weighted by molar-refractivity contribution is -0.115. The number of nitrogens with one attached hydrogen (secondary N) is 3. The van der Waals surface area contributed by atoms with E-state index in [1.54, 1.807) is 73.7 Å². The molecule has 1 unspecified atom stereocenters. The van der Waals surface area contributed by atoms with Crippen LogP contribution < -0.4 is 20.7 Å². The summed E-state index contributed by atoms with van der Waals surface area (Å²) < 4.78 is 6.47. The van der Waals surface area contributed by atoms with Crippen molar-refractivity contribution >= 4 is 91.1 Å². The van der Waals surface area contributed by atoms with Crippen LogP contribution in [0, 0.1) is 0 Å². The van der Waals surface area contributed by atoms with Crippen LogP contribution in [-0.4, -0.2) is 34.6 Å². The Labute approximate surface area is 284 Å². The molecule has 234 valence electrons. The fourth-order valence-electron chi connectivity index (χ4n) is 4.24. The quantitative estimate of drug-likeness (QED) is 0.0947. The highest BCUT2D eigenvalue weighted by Crippen LogP contribution is 2.31. The molecule has 0 bridgehead atoms. The van der Waals surface area contributed by atoms with Gasteiger partial charge in [-0.1, -0.05) is 64.9 Å². The Morgan fingerprint density at radius 3 is 2.52 bits per heavy atom. The molecule has 12 heteroatoms. The Morgan fingerprint density at radius 1 is 0.957 bits per heavy atom. The molecule has 0 radical (unpaired) electrons. The minimum Gasteiger partial charge on any atom is -0.494 e. The van der Waals surface area contributed by atoms with Gasteiger partial charge in [-0.3, -0.25) is 14.4 Å². The summed E-state index contributed by atoms with van der Waals surface area (Å²) in [5.74, 6) is -0.481. The molecule has 1 aromatic heterocycles. The number of thiazole rings is 1. The largest absolute Gasteiger partial charge is 0.494 e. The number of aromatic nitrogens is 1. The fraction of sp³-hybridized carbons (Fsp3) is 0.118. The molecular weight excluding hydrogens is 663 g/mol. The Balaban J connectivity index is 1.28. The second-order valence-electron chi connectivity index (χ2n) is 9.86. The van der Waals surface area contributed by atoms with Crippen LogP contribution in [0.4, 0.5) is 10.8 Å². The smallest absolute Gasteiger partial charge is 0.272 e. The minimum absolute atomic E-state index is 0.0203. The second-order valence-corrected chi connectivity index (χ2v) is 13.1. The van der Waals surface area contributed by atoms with E-state index < -0.39 is 17.1 Å². The average Bonchev–Trinajstić information content (AvgIpc) is 3.44. The number of carbonyl (C=O) groups is 3. The molecule has 46 heavy (non-hydrogen) atoms. The molecule has 1 atom stereocenters. The summed E-state index contributed by atoms with van der Waals surface area (Å²) in [6.45, 7) is 4.28. The van der Waals surface area contributed by atoms with Gasteiger partial charge in [0, 0.05) is 26.2 Å². The number of halogens is 2. The molecule has 0 saturated carbocycles. The van der Waals surface area contributed by atoms with Gasteiger partial charge in [0.15, 0.2) is 5.13 Å². The number of carbonyl (C=O) groups excluding carboxylic acids is 3. The predicted molar refractivity (Wildman–Crippen MR) is 188 cm³/mol. The molecular formula is C34H28Cl2N4O4S2. The van der Waals surface area contributed by atoms with Crippen molar-refractivity contribution in [2.75, 3.05) is 17.2 Å². The first-order valence-corrected chi connectivity index (χ1v) is 16.6. The third-order valence-corrected chi connectivity index (χ3v) is 9.06. The first-order valence-electron chi connectivity index (χ1n) is 14.1. The molecule has 0 aliphatic rings. The second kappa shape index (κ2) is 15.3. The van der Waals surface area contributed by atoms with Crippen LogP contribution >= 0.6 is 46.3 Å². The van der Waals surface area contributed by atoms with Gasteiger partial charge < -0.3 is 20.7 Å². The third kappa shape index (κ3) is 8.67. The van der Waals surface area contributed by atoms with E-state index in [9.17, 15) is 14.4 Å². The number of fused-ring (bicyclic) bond motifs is 1. The zero-order valence-electron chi connectivity index (χ0n) is 24.7. The van der Waals surface area contributed by atoms with E-state index in [0.717, 1.165) is 20.9 Å². The van der Waals surface area contributed by atoms with Gasteiger partial charge >= 0.3 is 0 Å². The van der Waals surface area contributed by atoms with Gasteiger partial charge in [-0.15, -0.1) is 11.8 Å². The maximum atomic E-state index is 13.5. The van der Waals surface area contributed by atoms with E-state index in [1.165, 1.54) is 29.2 Å². The SMILES string of the molecule is CCOc1ccc2nc(NC(=O)C(C)Sc3cccc(NC(=O)/C(=C\c4ccc(Cl)cc4Cl)NC(=O)c4ccccc4)c3)sc2c1. The van der Waals surface area contributed by atoms with E-state index in [4.69, 9.17) is 27.9 Å². The van der Waals surface area contributed by atoms with Crippen LogP contribution in [0.1, 0.15) is 29.8 Å². The predicted octanol–water partition coefficient (Wildman–Crippen LogP) is 8.53. The number of anilines is 2. The van der Waals surface area contributed by atoms with Gasteiger partial charge in [0.05, 0.1) is 22.1 Å². The summed E-state index contributed by atoms with van der Waals surface area (Å²) in [6, 6.07) is 26.1. The molecule has 0 aliphatic heterocycles. The van der Waals surface area contributed by atoms with E-state index in [-0.39, 0.29) is 11.6 Å². The number of amides is 3. The highest BCUT2D eigenvalue weighted by molar-refractivity contribution is 8.00. The van der Waals surface area contributed by atoms with Gasteiger partial charge in [0.2, 0.25) is 5.91 Å². The molecule has 5 rings (SSSR count). The Kier molecular flexibility index (Phi) is 11.0. The van der Waals surface area contributed by atoms with E-state index in [1.807, 2.05) is 31.2 Å². The van der Waals surface area contributed by atoms with Crippen LogP contribution in [0.25, 0.3) is 16.3 Å². The highest BCUT2D eigenvalue weighted by atomic mass is 35.5. The van der Waals surface area contributed by atoms with Gasteiger partial charge in [-0.05, 0) is 86.2 Å². The van der Waals surface area contributed by atoms with Crippen molar-refractivity contribution in [3.8, 4) is 5.75 Å². The normalized spacial score (nSPS) is 12.0. The molecule has 0 aliphatic carbocycles. The van der Waals surface area contributed by atoms with Crippen molar-refractivity contribution in [1.82, 2.24) is 10.3 Å². The van der Waals surface area contributed by atoms with Crippen molar-refractivity contribution in [3.63, 3.8) is 0 Å². The molecule has 5 aromatic rings. The number of nitrogens with zero attached hydrogens (tertiary/aromatic N) is 1. The summed E-state index contributed by atoms with van der Waals surface area (Å²) in [7, 11) is 0. The molecule has 0 spiro atoms.